The highest BCUT2D eigenvalue weighted by Gasteiger charge is 2.33. The third-order valence-corrected chi connectivity index (χ3v) is 8.46. The number of halogens is 1. The lowest BCUT2D eigenvalue weighted by molar-refractivity contribution is -0.140. The molecule has 0 bridgehead atoms. The molecule has 0 aromatic heterocycles. The van der Waals surface area contributed by atoms with Crippen LogP contribution in [0.2, 0.25) is 0 Å². The summed E-state index contributed by atoms with van der Waals surface area (Å²) >= 11 is 3.39. The number of aryl methyl sites for hydroxylation is 2. The number of carbonyl (C=O) groups is 2. The van der Waals surface area contributed by atoms with E-state index in [4.69, 9.17) is 0 Å². The minimum absolute atomic E-state index is 0.0763. The largest absolute Gasteiger partial charge is 0.350 e. The van der Waals surface area contributed by atoms with Crippen LogP contribution in [-0.4, -0.2) is 43.3 Å². The minimum atomic E-state index is -4.10. The van der Waals surface area contributed by atoms with Gasteiger partial charge >= 0.3 is 0 Å². The molecule has 1 unspecified atom stereocenters. The maximum absolute atomic E-state index is 13.9. The summed E-state index contributed by atoms with van der Waals surface area (Å²) in [6.07, 6.45) is 0. The number of rotatable bonds is 9. The topological polar surface area (TPSA) is 86.8 Å². The third kappa shape index (κ3) is 8.16. The minimum Gasteiger partial charge on any atom is -0.350 e. The van der Waals surface area contributed by atoms with Gasteiger partial charge in [0.05, 0.1) is 10.6 Å². The number of nitrogens with zero attached hydrogens (tertiary/aromatic N) is 2. The lowest BCUT2D eigenvalue weighted by atomic mass is 10.1. The van der Waals surface area contributed by atoms with Gasteiger partial charge in [-0.1, -0.05) is 63.5 Å². The molecule has 0 spiro atoms. The van der Waals surface area contributed by atoms with Crippen LogP contribution < -0.4 is 9.62 Å². The van der Waals surface area contributed by atoms with E-state index in [1.807, 2.05) is 58.9 Å². The molecule has 2 amide bonds. The first-order valence-electron chi connectivity index (χ1n) is 12.7. The van der Waals surface area contributed by atoms with Gasteiger partial charge < -0.3 is 10.2 Å². The van der Waals surface area contributed by atoms with Crippen molar-refractivity contribution in [1.29, 1.82) is 0 Å². The molecular weight excluding hydrogens is 578 g/mol. The molecule has 3 aromatic carbocycles. The number of amides is 2. The van der Waals surface area contributed by atoms with Crippen LogP contribution in [0.1, 0.15) is 44.4 Å². The fraction of sp³-hybridized carbons (Fsp3) is 0.333. The van der Waals surface area contributed by atoms with Gasteiger partial charge in [-0.3, -0.25) is 13.9 Å². The summed E-state index contributed by atoms with van der Waals surface area (Å²) in [5.41, 5.74) is 2.67. The van der Waals surface area contributed by atoms with Crippen molar-refractivity contribution in [3.8, 4) is 0 Å². The summed E-state index contributed by atoms with van der Waals surface area (Å²) in [4.78, 5) is 28.6. The highest BCUT2D eigenvalue weighted by molar-refractivity contribution is 9.10. The van der Waals surface area contributed by atoms with Crippen molar-refractivity contribution >= 4 is 43.5 Å². The van der Waals surface area contributed by atoms with Gasteiger partial charge in [0.1, 0.15) is 12.6 Å². The van der Waals surface area contributed by atoms with Gasteiger partial charge in [-0.05, 0) is 83.5 Å². The Balaban J connectivity index is 2.02. The normalized spacial score (nSPS) is 12.5. The number of sulfonamides is 1. The van der Waals surface area contributed by atoms with Gasteiger partial charge in [-0.25, -0.2) is 8.42 Å². The molecule has 0 saturated heterocycles. The Kier molecular flexibility index (Phi) is 9.61. The molecule has 0 heterocycles. The smallest absolute Gasteiger partial charge is 0.264 e. The second-order valence-corrected chi connectivity index (χ2v) is 13.5. The summed E-state index contributed by atoms with van der Waals surface area (Å²) in [7, 11) is -4.10. The highest BCUT2D eigenvalue weighted by Crippen LogP contribution is 2.26. The van der Waals surface area contributed by atoms with Crippen molar-refractivity contribution in [2.24, 2.45) is 0 Å². The van der Waals surface area contributed by atoms with Crippen LogP contribution in [0.4, 0.5) is 5.69 Å². The zero-order valence-electron chi connectivity index (χ0n) is 23.2. The van der Waals surface area contributed by atoms with Gasteiger partial charge in [-0.2, -0.15) is 0 Å². The number of nitrogens with one attached hydrogen (secondary N) is 1. The maximum Gasteiger partial charge on any atom is 0.264 e. The van der Waals surface area contributed by atoms with Gasteiger partial charge in [0.15, 0.2) is 0 Å². The predicted octanol–water partition coefficient (Wildman–Crippen LogP) is 5.59. The van der Waals surface area contributed by atoms with Crippen molar-refractivity contribution in [1.82, 2.24) is 10.2 Å². The first-order chi connectivity index (χ1) is 18.2. The van der Waals surface area contributed by atoms with E-state index in [0.29, 0.717) is 5.69 Å². The van der Waals surface area contributed by atoms with Gasteiger partial charge in [0.25, 0.3) is 10.0 Å². The monoisotopic (exact) mass is 613 g/mol. The van der Waals surface area contributed by atoms with Crippen LogP contribution in [-0.2, 0) is 26.2 Å². The van der Waals surface area contributed by atoms with E-state index >= 15 is 0 Å². The Bertz CT molecular complexity index is 1400. The molecule has 1 N–H and O–H groups in total. The van der Waals surface area contributed by atoms with Crippen LogP contribution in [0.15, 0.2) is 82.2 Å². The summed E-state index contributed by atoms with van der Waals surface area (Å²) in [6, 6.07) is 20.1. The Morgan fingerprint density at radius 3 is 1.90 bits per heavy atom. The average molecular weight is 615 g/mol. The molecule has 208 valence electrons. The van der Waals surface area contributed by atoms with E-state index in [2.05, 4.69) is 21.2 Å². The van der Waals surface area contributed by atoms with Crippen molar-refractivity contribution in [3.05, 3.63) is 94.0 Å². The number of anilines is 1. The van der Waals surface area contributed by atoms with Crippen LogP contribution in [0.5, 0.6) is 0 Å². The summed E-state index contributed by atoms with van der Waals surface area (Å²) in [5.74, 6) is -0.815. The molecule has 3 rings (SSSR count). The van der Waals surface area contributed by atoms with E-state index in [1.165, 1.54) is 17.0 Å². The molecule has 3 aromatic rings. The zero-order chi connectivity index (χ0) is 29.0. The van der Waals surface area contributed by atoms with Gasteiger partial charge in [0, 0.05) is 16.6 Å². The maximum atomic E-state index is 13.9. The molecular formula is C30H36BrN3O4S. The third-order valence-electron chi connectivity index (χ3n) is 6.14. The second-order valence-electron chi connectivity index (χ2n) is 10.7. The van der Waals surface area contributed by atoms with E-state index in [1.54, 1.807) is 43.3 Å². The molecule has 7 nitrogen and oxygen atoms in total. The quantitative estimate of drug-likeness (QED) is 0.341. The Morgan fingerprint density at radius 1 is 0.872 bits per heavy atom. The van der Waals surface area contributed by atoms with E-state index in [-0.39, 0.29) is 17.3 Å². The number of carbonyl (C=O) groups excluding carboxylic acids is 2. The Labute approximate surface area is 240 Å². The number of hydrogen-bond donors (Lipinski definition) is 1. The first-order valence-corrected chi connectivity index (χ1v) is 14.9. The van der Waals surface area contributed by atoms with E-state index in [0.717, 1.165) is 25.5 Å². The average Bonchev–Trinajstić information content (AvgIpc) is 2.86. The van der Waals surface area contributed by atoms with Crippen LogP contribution in [0.25, 0.3) is 0 Å². The lowest BCUT2D eigenvalue weighted by Gasteiger charge is -2.33. The van der Waals surface area contributed by atoms with Crippen molar-refractivity contribution in [2.75, 3.05) is 10.8 Å². The van der Waals surface area contributed by atoms with Crippen LogP contribution >= 0.6 is 15.9 Å². The zero-order valence-corrected chi connectivity index (χ0v) is 25.6. The summed E-state index contributed by atoms with van der Waals surface area (Å²) in [5, 5.41) is 2.93. The van der Waals surface area contributed by atoms with Gasteiger partial charge in [-0.15, -0.1) is 0 Å². The predicted molar refractivity (Wildman–Crippen MR) is 159 cm³/mol. The molecule has 39 heavy (non-hydrogen) atoms. The SMILES string of the molecule is Cc1ccc(CN(C(=O)CN(c2ccc(Br)cc2)S(=O)(=O)c2ccc(C)cc2)C(C)C(=O)NC(C)(C)C)cc1. The second kappa shape index (κ2) is 12.3. The van der Waals surface area contributed by atoms with Crippen LogP contribution in [0, 0.1) is 13.8 Å². The van der Waals surface area contributed by atoms with E-state index < -0.39 is 34.1 Å². The van der Waals surface area contributed by atoms with Crippen LogP contribution in [0.3, 0.4) is 0 Å². The molecule has 0 aliphatic rings. The molecule has 0 radical (unpaired) electrons. The molecule has 0 fully saturated rings. The fourth-order valence-electron chi connectivity index (χ4n) is 3.92. The Morgan fingerprint density at radius 2 is 1.38 bits per heavy atom. The molecule has 0 saturated carbocycles. The van der Waals surface area contributed by atoms with Crippen molar-refractivity contribution in [3.63, 3.8) is 0 Å². The summed E-state index contributed by atoms with van der Waals surface area (Å²) in [6.45, 7) is 10.8. The number of benzene rings is 3. The molecule has 9 heteroatoms. The Hall–Kier alpha value is -3.17. The standard InChI is InChI=1S/C30H36BrN3O4S/c1-21-7-11-24(12-8-21)19-33(23(3)29(36)32-30(4,5)6)28(35)20-34(26-15-13-25(31)14-16-26)39(37,38)27-17-9-22(2)10-18-27/h7-18,23H,19-20H2,1-6H3,(H,32,36). The van der Waals surface area contributed by atoms with Crippen molar-refractivity contribution in [2.45, 2.75) is 64.6 Å². The number of hydrogen-bond acceptors (Lipinski definition) is 4. The lowest BCUT2D eigenvalue weighted by Crippen LogP contribution is -2.54. The van der Waals surface area contributed by atoms with Gasteiger partial charge in [0.2, 0.25) is 11.8 Å². The molecule has 0 aliphatic carbocycles. The molecule has 1 atom stereocenters. The van der Waals surface area contributed by atoms with Crippen molar-refractivity contribution < 1.29 is 18.0 Å². The first kappa shape index (κ1) is 30.4. The van der Waals surface area contributed by atoms with E-state index in [9.17, 15) is 18.0 Å². The fourth-order valence-corrected chi connectivity index (χ4v) is 5.60. The molecule has 0 aliphatic heterocycles. The highest BCUT2D eigenvalue weighted by atomic mass is 79.9. The summed E-state index contributed by atoms with van der Waals surface area (Å²) < 4.78 is 29.6.